The SMILES string of the molecule is O=C1NCCN2C[C@H](c3ccccc3)c3c(O)cccc3[C@@H]12. The van der Waals surface area contributed by atoms with Crippen LogP contribution in [0, 0.1) is 0 Å². The Balaban J connectivity index is 1.89. The van der Waals surface area contributed by atoms with Crippen molar-refractivity contribution in [1.29, 1.82) is 0 Å². The summed E-state index contributed by atoms with van der Waals surface area (Å²) in [5, 5.41) is 13.3. The molecule has 2 atom stereocenters. The number of nitrogens with one attached hydrogen (secondary N) is 1. The highest BCUT2D eigenvalue weighted by atomic mass is 16.3. The molecular weight excluding hydrogens is 276 g/mol. The number of carbonyl (C=O) groups is 1. The summed E-state index contributed by atoms with van der Waals surface area (Å²) in [5.74, 6) is 0.411. The van der Waals surface area contributed by atoms with E-state index in [1.54, 1.807) is 6.07 Å². The Kier molecular flexibility index (Phi) is 3.12. The fourth-order valence-electron chi connectivity index (χ4n) is 3.72. The molecule has 4 nitrogen and oxygen atoms in total. The summed E-state index contributed by atoms with van der Waals surface area (Å²) < 4.78 is 0. The lowest BCUT2D eigenvalue weighted by atomic mass is 9.80. The second kappa shape index (κ2) is 5.14. The number of aromatic hydroxyl groups is 1. The molecule has 0 bridgehead atoms. The summed E-state index contributed by atoms with van der Waals surface area (Å²) in [7, 11) is 0. The van der Waals surface area contributed by atoms with E-state index in [9.17, 15) is 9.90 Å². The highest BCUT2D eigenvalue weighted by Gasteiger charge is 2.40. The molecule has 2 heterocycles. The molecule has 4 heteroatoms. The normalized spacial score (nSPS) is 24.3. The molecule has 1 amide bonds. The minimum absolute atomic E-state index is 0.0320. The highest BCUT2D eigenvalue weighted by molar-refractivity contribution is 5.85. The van der Waals surface area contributed by atoms with Crippen molar-refractivity contribution in [2.75, 3.05) is 19.6 Å². The lowest BCUT2D eigenvalue weighted by Crippen LogP contribution is -2.53. The largest absolute Gasteiger partial charge is 0.508 e. The van der Waals surface area contributed by atoms with Crippen molar-refractivity contribution in [3.8, 4) is 5.75 Å². The standard InChI is InChI=1S/C18H18N2O2/c21-15-8-4-7-13-16(15)14(12-5-2-1-3-6-12)11-20-10-9-19-18(22)17(13)20/h1-8,14,17,21H,9-11H2,(H,19,22)/t14-,17+/m1/s1. The van der Waals surface area contributed by atoms with Crippen LogP contribution in [-0.2, 0) is 4.79 Å². The minimum atomic E-state index is -0.282. The predicted octanol–water partition coefficient (Wildman–Crippen LogP) is 2.01. The number of piperazine rings is 1. The molecule has 2 aromatic carbocycles. The van der Waals surface area contributed by atoms with Crippen molar-refractivity contribution >= 4 is 5.91 Å². The highest BCUT2D eigenvalue weighted by Crippen LogP contribution is 2.43. The number of amides is 1. The summed E-state index contributed by atoms with van der Waals surface area (Å²) in [6.07, 6.45) is 0. The number of phenols is 1. The molecule has 0 saturated carbocycles. The number of rotatable bonds is 1. The van der Waals surface area contributed by atoms with Crippen LogP contribution in [0.25, 0.3) is 0 Å². The van der Waals surface area contributed by atoms with Crippen molar-refractivity contribution in [3.63, 3.8) is 0 Å². The van der Waals surface area contributed by atoms with Gasteiger partial charge >= 0.3 is 0 Å². The van der Waals surface area contributed by atoms with E-state index in [0.717, 1.165) is 24.2 Å². The number of fused-ring (bicyclic) bond motifs is 3. The van der Waals surface area contributed by atoms with Crippen molar-refractivity contribution in [2.24, 2.45) is 0 Å². The molecule has 0 aliphatic carbocycles. The first-order valence-electron chi connectivity index (χ1n) is 7.64. The van der Waals surface area contributed by atoms with E-state index in [4.69, 9.17) is 0 Å². The molecule has 2 N–H and O–H groups in total. The summed E-state index contributed by atoms with van der Waals surface area (Å²) in [5.41, 5.74) is 3.00. The third kappa shape index (κ3) is 1.99. The van der Waals surface area contributed by atoms with Crippen LogP contribution in [0.2, 0.25) is 0 Å². The van der Waals surface area contributed by atoms with E-state index in [0.29, 0.717) is 6.54 Å². The molecule has 112 valence electrons. The van der Waals surface area contributed by atoms with E-state index >= 15 is 0 Å². The quantitative estimate of drug-likeness (QED) is 0.846. The van der Waals surface area contributed by atoms with Crippen molar-refractivity contribution in [2.45, 2.75) is 12.0 Å². The molecule has 0 unspecified atom stereocenters. The third-order valence-corrected chi connectivity index (χ3v) is 4.69. The minimum Gasteiger partial charge on any atom is -0.508 e. The van der Waals surface area contributed by atoms with Crippen LogP contribution in [0.3, 0.4) is 0 Å². The summed E-state index contributed by atoms with van der Waals surface area (Å²) in [4.78, 5) is 14.5. The van der Waals surface area contributed by atoms with E-state index in [-0.39, 0.29) is 23.6 Å². The zero-order valence-electron chi connectivity index (χ0n) is 12.2. The average Bonchev–Trinajstić information content (AvgIpc) is 2.55. The van der Waals surface area contributed by atoms with Gasteiger partial charge in [0.1, 0.15) is 11.8 Å². The first-order valence-corrected chi connectivity index (χ1v) is 7.64. The van der Waals surface area contributed by atoms with Crippen molar-refractivity contribution in [3.05, 3.63) is 65.2 Å². The first-order chi connectivity index (χ1) is 10.8. The van der Waals surface area contributed by atoms with Crippen LogP contribution >= 0.6 is 0 Å². The monoisotopic (exact) mass is 294 g/mol. The maximum absolute atomic E-state index is 12.3. The van der Waals surface area contributed by atoms with Gasteiger partial charge in [-0.1, -0.05) is 42.5 Å². The number of carbonyl (C=O) groups excluding carboxylic acids is 1. The summed E-state index contributed by atoms with van der Waals surface area (Å²) in [6, 6.07) is 15.4. The number of nitrogens with zero attached hydrogens (tertiary/aromatic N) is 1. The maximum atomic E-state index is 12.3. The summed E-state index contributed by atoms with van der Waals surface area (Å²) in [6.45, 7) is 2.28. The van der Waals surface area contributed by atoms with Gasteiger partial charge in [0.25, 0.3) is 0 Å². The maximum Gasteiger partial charge on any atom is 0.242 e. The molecule has 22 heavy (non-hydrogen) atoms. The Morgan fingerprint density at radius 3 is 2.73 bits per heavy atom. The van der Waals surface area contributed by atoms with Crippen LogP contribution in [0.15, 0.2) is 48.5 Å². The average molecular weight is 294 g/mol. The fraction of sp³-hybridized carbons (Fsp3) is 0.278. The summed E-state index contributed by atoms with van der Waals surface area (Å²) >= 11 is 0. The van der Waals surface area contributed by atoms with E-state index < -0.39 is 0 Å². The van der Waals surface area contributed by atoms with Crippen LogP contribution in [0.1, 0.15) is 28.7 Å². The molecule has 2 aliphatic rings. The van der Waals surface area contributed by atoms with Gasteiger partial charge in [-0.25, -0.2) is 0 Å². The molecule has 0 spiro atoms. The molecule has 0 radical (unpaired) electrons. The second-order valence-electron chi connectivity index (χ2n) is 5.93. The number of hydrogen-bond acceptors (Lipinski definition) is 3. The van der Waals surface area contributed by atoms with E-state index in [1.165, 1.54) is 5.56 Å². The third-order valence-electron chi connectivity index (χ3n) is 4.69. The molecule has 1 fully saturated rings. The van der Waals surface area contributed by atoms with Gasteiger partial charge in [0.05, 0.1) is 0 Å². The Bertz CT molecular complexity index is 714. The zero-order valence-corrected chi connectivity index (χ0v) is 12.2. The Labute approximate surface area is 129 Å². The predicted molar refractivity (Wildman–Crippen MR) is 83.7 cm³/mol. The van der Waals surface area contributed by atoms with E-state index in [1.807, 2.05) is 30.3 Å². The van der Waals surface area contributed by atoms with Gasteiger partial charge in [0.15, 0.2) is 0 Å². The molecule has 4 rings (SSSR count). The van der Waals surface area contributed by atoms with Crippen molar-refractivity contribution < 1.29 is 9.90 Å². The molecule has 0 aromatic heterocycles. The lowest BCUT2D eigenvalue weighted by molar-refractivity contribution is -0.129. The zero-order chi connectivity index (χ0) is 15.1. The number of phenolic OH excluding ortho intramolecular Hbond substituents is 1. The lowest BCUT2D eigenvalue weighted by Gasteiger charge is -2.43. The van der Waals surface area contributed by atoms with Gasteiger partial charge in [0, 0.05) is 31.1 Å². The van der Waals surface area contributed by atoms with Gasteiger partial charge in [0.2, 0.25) is 5.91 Å². The van der Waals surface area contributed by atoms with Gasteiger partial charge in [-0.15, -0.1) is 0 Å². The van der Waals surface area contributed by atoms with Gasteiger partial charge in [-0.3, -0.25) is 9.69 Å². The molecule has 2 aromatic rings. The molecule has 1 saturated heterocycles. The van der Waals surface area contributed by atoms with E-state index in [2.05, 4.69) is 22.3 Å². The first kappa shape index (κ1) is 13.3. The number of benzene rings is 2. The van der Waals surface area contributed by atoms with Crippen LogP contribution in [0.5, 0.6) is 5.75 Å². The fourth-order valence-corrected chi connectivity index (χ4v) is 3.72. The van der Waals surface area contributed by atoms with Gasteiger partial charge in [-0.05, 0) is 17.2 Å². The molecule has 2 aliphatic heterocycles. The van der Waals surface area contributed by atoms with Gasteiger partial charge in [-0.2, -0.15) is 0 Å². The Hall–Kier alpha value is -2.33. The Morgan fingerprint density at radius 1 is 1.09 bits per heavy atom. The Morgan fingerprint density at radius 2 is 1.91 bits per heavy atom. The smallest absolute Gasteiger partial charge is 0.242 e. The number of hydrogen-bond donors (Lipinski definition) is 2. The van der Waals surface area contributed by atoms with Crippen LogP contribution in [-0.4, -0.2) is 35.5 Å². The second-order valence-corrected chi connectivity index (χ2v) is 5.93. The van der Waals surface area contributed by atoms with Crippen LogP contribution in [0.4, 0.5) is 0 Å². The molecular formula is C18H18N2O2. The van der Waals surface area contributed by atoms with Crippen molar-refractivity contribution in [1.82, 2.24) is 10.2 Å². The van der Waals surface area contributed by atoms with Gasteiger partial charge < -0.3 is 10.4 Å². The topological polar surface area (TPSA) is 52.6 Å². The van der Waals surface area contributed by atoms with Crippen LogP contribution < -0.4 is 5.32 Å².